The van der Waals surface area contributed by atoms with Crippen molar-refractivity contribution in [3.8, 4) is 5.75 Å². The second-order valence-electron chi connectivity index (χ2n) is 5.65. The summed E-state index contributed by atoms with van der Waals surface area (Å²) in [4.78, 5) is 13.6. The van der Waals surface area contributed by atoms with Gasteiger partial charge in [0, 0.05) is 16.6 Å². The Labute approximate surface area is 142 Å². The van der Waals surface area contributed by atoms with Gasteiger partial charge in [-0.05, 0) is 48.7 Å². The number of aliphatic carboxylic acids is 1. The van der Waals surface area contributed by atoms with E-state index in [9.17, 15) is 4.79 Å². The van der Waals surface area contributed by atoms with Crippen molar-refractivity contribution in [1.29, 1.82) is 0 Å². The van der Waals surface area contributed by atoms with Crippen LogP contribution in [0, 0.1) is 6.92 Å². The van der Waals surface area contributed by atoms with E-state index in [0.29, 0.717) is 0 Å². The SMILES string of the molecule is CCc1cccc(CC(=O)O)c1.COc1ccc2[nH]c(C)cc2c1. The molecule has 0 aliphatic rings. The quantitative estimate of drug-likeness (QED) is 0.749. The summed E-state index contributed by atoms with van der Waals surface area (Å²) in [5.74, 6) is 0.129. The van der Waals surface area contributed by atoms with Crippen LogP contribution in [0.1, 0.15) is 23.7 Å². The number of carboxylic acid groups (broad SMARTS) is 1. The van der Waals surface area contributed by atoms with Crippen LogP contribution in [0.15, 0.2) is 48.5 Å². The smallest absolute Gasteiger partial charge is 0.307 e. The zero-order chi connectivity index (χ0) is 17.5. The van der Waals surface area contributed by atoms with Crippen LogP contribution in [-0.4, -0.2) is 23.2 Å². The van der Waals surface area contributed by atoms with Crippen LogP contribution in [0.5, 0.6) is 5.75 Å². The summed E-state index contributed by atoms with van der Waals surface area (Å²) < 4.78 is 5.12. The third-order valence-electron chi connectivity index (χ3n) is 3.72. The Balaban J connectivity index is 0.000000174. The number of aromatic amines is 1. The molecule has 2 aromatic carbocycles. The topological polar surface area (TPSA) is 62.3 Å². The summed E-state index contributed by atoms with van der Waals surface area (Å²) >= 11 is 0. The summed E-state index contributed by atoms with van der Waals surface area (Å²) in [7, 11) is 1.68. The fourth-order valence-electron chi connectivity index (χ4n) is 2.52. The number of carboxylic acids is 1. The van der Waals surface area contributed by atoms with Gasteiger partial charge in [-0.2, -0.15) is 0 Å². The van der Waals surface area contributed by atoms with Crippen molar-refractivity contribution in [2.45, 2.75) is 26.7 Å². The molecule has 0 amide bonds. The molecule has 0 bridgehead atoms. The number of carbonyl (C=O) groups is 1. The summed E-state index contributed by atoms with van der Waals surface area (Å²) in [6.45, 7) is 4.10. The predicted molar refractivity (Wildman–Crippen MR) is 96.7 cm³/mol. The number of methoxy groups -OCH3 is 1. The molecule has 0 aliphatic carbocycles. The molecule has 0 aliphatic heterocycles. The fraction of sp³-hybridized carbons (Fsp3) is 0.250. The van der Waals surface area contributed by atoms with Gasteiger partial charge in [0.25, 0.3) is 0 Å². The molecule has 3 aromatic rings. The lowest BCUT2D eigenvalue weighted by atomic mass is 10.1. The maximum Gasteiger partial charge on any atom is 0.307 e. The van der Waals surface area contributed by atoms with Gasteiger partial charge in [-0.25, -0.2) is 0 Å². The summed E-state index contributed by atoms with van der Waals surface area (Å²) in [6, 6.07) is 15.8. The molecular formula is C20H23NO3. The van der Waals surface area contributed by atoms with Gasteiger partial charge in [0.05, 0.1) is 13.5 Å². The normalized spacial score (nSPS) is 10.1. The molecule has 1 heterocycles. The summed E-state index contributed by atoms with van der Waals surface area (Å²) in [5, 5.41) is 9.73. The van der Waals surface area contributed by atoms with Crippen LogP contribution in [-0.2, 0) is 17.6 Å². The predicted octanol–water partition coefficient (Wildman–Crippen LogP) is 4.36. The highest BCUT2D eigenvalue weighted by molar-refractivity contribution is 5.81. The third-order valence-corrected chi connectivity index (χ3v) is 3.72. The van der Waals surface area contributed by atoms with E-state index in [1.165, 1.54) is 16.6 Å². The summed E-state index contributed by atoms with van der Waals surface area (Å²) in [6.07, 6.45) is 1.07. The highest BCUT2D eigenvalue weighted by atomic mass is 16.5. The van der Waals surface area contributed by atoms with Crippen molar-refractivity contribution in [3.05, 3.63) is 65.4 Å². The van der Waals surface area contributed by atoms with Crippen molar-refractivity contribution in [3.63, 3.8) is 0 Å². The molecule has 0 atom stereocenters. The van der Waals surface area contributed by atoms with Crippen molar-refractivity contribution >= 4 is 16.9 Å². The van der Waals surface area contributed by atoms with E-state index in [0.717, 1.165) is 23.3 Å². The number of hydrogen-bond acceptors (Lipinski definition) is 2. The van der Waals surface area contributed by atoms with Gasteiger partial charge >= 0.3 is 5.97 Å². The number of aryl methyl sites for hydroxylation is 2. The van der Waals surface area contributed by atoms with E-state index in [1.807, 2.05) is 49.4 Å². The molecule has 126 valence electrons. The zero-order valence-electron chi connectivity index (χ0n) is 14.3. The average Bonchev–Trinajstić information content (AvgIpc) is 2.94. The number of ether oxygens (including phenoxy) is 1. The first-order valence-corrected chi connectivity index (χ1v) is 7.94. The minimum atomic E-state index is -0.775. The van der Waals surface area contributed by atoms with Gasteiger partial charge in [0.15, 0.2) is 0 Å². The van der Waals surface area contributed by atoms with Gasteiger partial charge in [0.1, 0.15) is 5.75 Å². The third kappa shape index (κ3) is 4.88. The highest BCUT2D eigenvalue weighted by Gasteiger charge is 2.00. The number of benzene rings is 2. The fourth-order valence-corrected chi connectivity index (χ4v) is 2.52. The molecule has 2 N–H and O–H groups in total. The number of nitrogens with one attached hydrogen (secondary N) is 1. The first-order valence-electron chi connectivity index (χ1n) is 7.94. The van der Waals surface area contributed by atoms with Gasteiger partial charge in [-0.15, -0.1) is 0 Å². The summed E-state index contributed by atoms with van der Waals surface area (Å²) in [5.41, 5.74) is 4.40. The highest BCUT2D eigenvalue weighted by Crippen LogP contribution is 2.20. The van der Waals surface area contributed by atoms with Crippen LogP contribution in [0.3, 0.4) is 0 Å². The number of H-pyrrole nitrogens is 1. The number of aromatic nitrogens is 1. The van der Waals surface area contributed by atoms with Gasteiger partial charge < -0.3 is 14.8 Å². The maximum absolute atomic E-state index is 10.4. The van der Waals surface area contributed by atoms with Gasteiger partial charge in [-0.1, -0.05) is 31.2 Å². The minimum absolute atomic E-state index is 0.119. The molecule has 0 radical (unpaired) electrons. The average molecular weight is 325 g/mol. The van der Waals surface area contributed by atoms with Crippen LogP contribution in [0.25, 0.3) is 10.9 Å². The molecule has 0 unspecified atom stereocenters. The van der Waals surface area contributed by atoms with E-state index < -0.39 is 5.97 Å². The Hall–Kier alpha value is -2.75. The lowest BCUT2D eigenvalue weighted by Crippen LogP contribution is -2.00. The van der Waals surface area contributed by atoms with Crippen LogP contribution in [0.4, 0.5) is 0 Å². The second-order valence-corrected chi connectivity index (χ2v) is 5.65. The first kappa shape index (κ1) is 17.6. The Bertz CT molecular complexity index is 821. The monoisotopic (exact) mass is 325 g/mol. The van der Waals surface area contributed by atoms with Gasteiger partial charge in [0.2, 0.25) is 0 Å². The van der Waals surface area contributed by atoms with E-state index in [4.69, 9.17) is 9.84 Å². The van der Waals surface area contributed by atoms with Gasteiger partial charge in [-0.3, -0.25) is 4.79 Å². The van der Waals surface area contributed by atoms with Crippen molar-refractivity contribution < 1.29 is 14.6 Å². The lowest BCUT2D eigenvalue weighted by Gasteiger charge is -1.99. The van der Waals surface area contributed by atoms with Crippen molar-refractivity contribution in [2.24, 2.45) is 0 Å². The number of fused-ring (bicyclic) bond motifs is 1. The molecule has 3 rings (SSSR count). The Morgan fingerprint density at radius 3 is 2.54 bits per heavy atom. The minimum Gasteiger partial charge on any atom is -0.497 e. The molecule has 0 saturated heterocycles. The Kier molecular flexibility index (Phi) is 6.01. The lowest BCUT2D eigenvalue weighted by molar-refractivity contribution is -0.136. The van der Waals surface area contributed by atoms with E-state index in [1.54, 1.807) is 7.11 Å². The molecule has 0 spiro atoms. The molecular weight excluding hydrogens is 302 g/mol. The molecule has 0 saturated carbocycles. The van der Waals surface area contributed by atoms with Crippen LogP contribution >= 0.6 is 0 Å². The molecule has 4 nitrogen and oxygen atoms in total. The van der Waals surface area contributed by atoms with Crippen molar-refractivity contribution in [2.75, 3.05) is 7.11 Å². The standard InChI is InChI=1S/C10H11NO.C10H12O2/c1-7-5-8-6-9(12-2)3-4-10(8)11-7;1-2-8-4-3-5-9(6-8)7-10(11)12/h3-6,11H,1-2H3;3-6H,2,7H2,1H3,(H,11,12). The van der Waals surface area contributed by atoms with Crippen LogP contribution in [0.2, 0.25) is 0 Å². The number of rotatable bonds is 4. The number of hydrogen-bond donors (Lipinski definition) is 2. The Morgan fingerprint density at radius 1 is 1.12 bits per heavy atom. The maximum atomic E-state index is 10.4. The molecule has 4 heteroatoms. The van der Waals surface area contributed by atoms with Crippen molar-refractivity contribution in [1.82, 2.24) is 4.98 Å². The molecule has 0 fully saturated rings. The Morgan fingerprint density at radius 2 is 1.88 bits per heavy atom. The van der Waals surface area contributed by atoms with Crippen LogP contribution < -0.4 is 4.74 Å². The van der Waals surface area contributed by atoms with E-state index >= 15 is 0 Å². The van der Waals surface area contributed by atoms with E-state index in [2.05, 4.69) is 18.0 Å². The zero-order valence-corrected chi connectivity index (χ0v) is 14.3. The second kappa shape index (κ2) is 8.20. The van der Waals surface area contributed by atoms with E-state index in [-0.39, 0.29) is 6.42 Å². The largest absolute Gasteiger partial charge is 0.497 e. The first-order chi connectivity index (χ1) is 11.5. The molecule has 24 heavy (non-hydrogen) atoms. The molecule has 1 aromatic heterocycles.